The van der Waals surface area contributed by atoms with E-state index >= 15 is 0 Å². The summed E-state index contributed by atoms with van der Waals surface area (Å²) in [5.74, 6) is 0.263. The van der Waals surface area contributed by atoms with Crippen LogP contribution in [0.25, 0.3) is 11.5 Å². The zero-order valence-electron chi connectivity index (χ0n) is 13.8. The van der Waals surface area contributed by atoms with Gasteiger partial charge in [0.25, 0.3) is 5.89 Å². The van der Waals surface area contributed by atoms with E-state index in [0.29, 0.717) is 19.0 Å². The van der Waals surface area contributed by atoms with E-state index in [9.17, 15) is 13.2 Å². The first-order chi connectivity index (χ1) is 11.9. The quantitative estimate of drug-likeness (QED) is 0.725. The van der Waals surface area contributed by atoms with E-state index in [1.54, 1.807) is 11.8 Å². The Hall–Kier alpha value is -2.26. The zero-order valence-corrected chi connectivity index (χ0v) is 14.6. The van der Waals surface area contributed by atoms with Crippen LogP contribution in [0, 0.1) is 0 Å². The fourth-order valence-corrected chi connectivity index (χ4v) is 3.75. The van der Waals surface area contributed by atoms with Crippen LogP contribution in [-0.2, 0) is 19.4 Å². The molecule has 134 valence electrons. The van der Waals surface area contributed by atoms with Crippen molar-refractivity contribution in [3.8, 4) is 11.5 Å². The molecule has 1 aliphatic rings. The van der Waals surface area contributed by atoms with Crippen molar-refractivity contribution in [1.82, 2.24) is 15.1 Å². The third kappa shape index (κ3) is 4.64. The SMILES string of the molecule is CC(OC(=O)CN1CCS(=O)(=O)CC1)c1nnc(-c2ccccc2)o1. The number of carbonyl (C=O) groups is 1. The monoisotopic (exact) mass is 365 g/mol. The van der Waals surface area contributed by atoms with Crippen LogP contribution in [0.4, 0.5) is 0 Å². The number of benzene rings is 1. The molecule has 0 saturated carbocycles. The molecular weight excluding hydrogens is 346 g/mol. The number of aromatic nitrogens is 2. The van der Waals surface area contributed by atoms with Crippen LogP contribution in [-0.4, -0.2) is 60.6 Å². The Morgan fingerprint density at radius 1 is 1.24 bits per heavy atom. The number of nitrogens with zero attached hydrogens (tertiary/aromatic N) is 3. The van der Waals surface area contributed by atoms with Gasteiger partial charge in [-0.15, -0.1) is 10.2 Å². The van der Waals surface area contributed by atoms with Gasteiger partial charge in [-0.1, -0.05) is 18.2 Å². The molecule has 9 heteroatoms. The number of sulfone groups is 1. The largest absolute Gasteiger partial charge is 0.452 e. The minimum atomic E-state index is -2.97. The van der Waals surface area contributed by atoms with Crippen molar-refractivity contribution in [1.29, 1.82) is 0 Å². The topological polar surface area (TPSA) is 103 Å². The Balaban J connectivity index is 1.54. The summed E-state index contributed by atoms with van der Waals surface area (Å²) in [4.78, 5) is 13.8. The van der Waals surface area contributed by atoms with Crippen LogP contribution in [0.1, 0.15) is 18.9 Å². The van der Waals surface area contributed by atoms with Crippen LogP contribution in [0.2, 0.25) is 0 Å². The maximum absolute atomic E-state index is 12.0. The molecule has 1 aromatic heterocycles. The molecule has 0 radical (unpaired) electrons. The highest BCUT2D eigenvalue weighted by Gasteiger charge is 2.25. The summed E-state index contributed by atoms with van der Waals surface area (Å²) in [5, 5.41) is 7.89. The van der Waals surface area contributed by atoms with Gasteiger partial charge in [0, 0.05) is 18.7 Å². The summed E-state index contributed by atoms with van der Waals surface area (Å²) in [6.07, 6.45) is -0.675. The van der Waals surface area contributed by atoms with Crippen LogP contribution in [0.15, 0.2) is 34.7 Å². The van der Waals surface area contributed by atoms with E-state index in [1.165, 1.54) is 0 Å². The van der Waals surface area contributed by atoms with Crippen molar-refractivity contribution >= 4 is 15.8 Å². The molecule has 1 aliphatic heterocycles. The lowest BCUT2D eigenvalue weighted by molar-refractivity contribution is -0.150. The molecule has 1 saturated heterocycles. The Bertz CT molecular complexity index is 820. The second-order valence-corrected chi connectivity index (χ2v) is 8.18. The van der Waals surface area contributed by atoms with Gasteiger partial charge < -0.3 is 9.15 Å². The summed E-state index contributed by atoms with van der Waals surface area (Å²) < 4.78 is 33.7. The normalized spacial score (nSPS) is 18.6. The van der Waals surface area contributed by atoms with Gasteiger partial charge in [0.2, 0.25) is 5.89 Å². The van der Waals surface area contributed by atoms with Crippen molar-refractivity contribution in [2.75, 3.05) is 31.1 Å². The molecule has 25 heavy (non-hydrogen) atoms. The Morgan fingerprint density at radius 2 is 1.92 bits per heavy atom. The highest BCUT2D eigenvalue weighted by molar-refractivity contribution is 7.91. The van der Waals surface area contributed by atoms with Gasteiger partial charge in [-0.05, 0) is 19.1 Å². The molecule has 2 aromatic rings. The maximum atomic E-state index is 12.0. The molecule has 8 nitrogen and oxygen atoms in total. The summed E-state index contributed by atoms with van der Waals surface area (Å²) in [6.45, 7) is 2.37. The molecule has 1 atom stereocenters. The average Bonchev–Trinajstić information content (AvgIpc) is 3.08. The molecule has 0 aliphatic carbocycles. The van der Waals surface area contributed by atoms with Crippen LogP contribution in [0.3, 0.4) is 0 Å². The van der Waals surface area contributed by atoms with E-state index in [-0.39, 0.29) is 23.9 Å². The lowest BCUT2D eigenvalue weighted by Gasteiger charge is -2.25. The van der Waals surface area contributed by atoms with E-state index in [0.717, 1.165) is 5.56 Å². The highest BCUT2D eigenvalue weighted by Crippen LogP contribution is 2.22. The van der Waals surface area contributed by atoms with E-state index < -0.39 is 21.9 Å². The Morgan fingerprint density at radius 3 is 2.60 bits per heavy atom. The van der Waals surface area contributed by atoms with Crippen molar-refractivity contribution < 1.29 is 22.4 Å². The molecule has 0 amide bonds. The van der Waals surface area contributed by atoms with Gasteiger partial charge in [-0.25, -0.2) is 8.42 Å². The lowest BCUT2D eigenvalue weighted by Crippen LogP contribution is -2.43. The smallest absolute Gasteiger partial charge is 0.320 e. The fourth-order valence-electron chi connectivity index (χ4n) is 2.47. The standard InChI is InChI=1S/C16H19N3O5S/c1-12(15-17-18-16(24-15)13-5-3-2-4-6-13)23-14(20)11-19-7-9-25(21,22)10-8-19/h2-6,12H,7-11H2,1H3. The zero-order chi connectivity index (χ0) is 17.9. The predicted octanol–water partition coefficient (Wildman–Crippen LogP) is 1.07. The number of esters is 1. The van der Waals surface area contributed by atoms with Crippen LogP contribution in [0.5, 0.6) is 0 Å². The minimum absolute atomic E-state index is 0.0412. The van der Waals surface area contributed by atoms with Crippen LogP contribution >= 0.6 is 0 Å². The minimum Gasteiger partial charge on any atom is -0.452 e. The first-order valence-electron chi connectivity index (χ1n) is 7.94. The van der Waals surface area contributed by atoms with Gasteiger partial charge in [-0.3, -0.25) is 9.69 Å². The van der Waals surface area contributed by atoms with Gasteiger partial charge in [0.1, 0.15) is 0 Å². The Labute approximate surface area is 145 Å². The van der Waals surface area contributed by atoms with Gasteiger partial charge in [0.15, 0.2) is 15.9 Å². The van der Waals surface area contributed by atoms with Crippen LogP contribution < -0.4 is 0 Å². The molecule has 0 N–H and O–H groups in total. The summed E-state index contributed by atoms with van der Waals surface area (Å²) >= 11 is 0. The summed E-state index contributed by atoms with van der Waals surface area (Å²) in [6, 6.07) is 9.30. The molecule has 0 bridgehead atoms. The second kappa shape index (κ2) is 7.32. The number of carbonyl (C=O) groups excluding carboxylic acids is 1. The second-order valence-electron chi connectivity index (χ2n) is 5.87. The van der Waals surface area contributed by atoms with E-state index in [4.69, 9.17) is 9.15 Å². The summed E-state index contributed by atoms with van der Waals surface area (Å²) in [5.41, 5.74) is 0.786. The van der Waals surface area contributed by atoms with Gasteiger partial charge >= 0.3 is 5.97 Å². The molecule has 1 unspecified atom stereocenters. The first kappa shape index (κ1) is 17.6. The van der Waals surface area contributed by atoms with Gasteiger partial charge in [0.05, 0.1) is 18.1 Å². The van der Waals surface area contributed by atoms with Crippen molar-refractivity contribution in [2.45, 2.75) is 13.0 Å². The fraction of sp³-hybridized carbons (Fsp3) is 0.438. The predicted molar refractivity (Wildman–Crippen MR) is 89.3 cm³/mol. The third-order valence-electron chi connectivity index (χ3n) is 3.91. The molecule has 1 fully saturated rings. The van der Waals surface area contributed by atoms with E-state index in [2.05, 4.69) is 10.2 Å². The molecule has 0 spiro atoms. The summed E-state index contributed by atoms with van der Waals surface area (Å²) in [7, 11) is -2.97. The number of rotatable bonds is 5. The molecular formula is C16H19N3O5S. The maximum Gasteiger partial charge on any atom is 0.320 e. The van der Waals surface area contributed by atoms with E-state index in [1.807, 2.05) is 30.3 Å². The molecule has 3 rings (SSSR count). The lowest BCUT2D eigenvalue weighted by atomic mass is 10.2. The van der Waals surface area contributed by atoms with Crippen molar-refractivity contribution in [3.05, 3.63) is 36.2 Å². The van der Waals surface area contributed by atoms with Crippen molar-refractivity contribution in [3.63, 3.8) is 0 Å². The molecule has 2 heterocycles. The third-order valence-corrected chi connectivity index (χ3v) is 5.52. The Kier molecular flexibility index (Phi) is 5.14. The van der Waals surface area contributed by atoms with Crippen molar-refractivity contribution in [2.24, 2.45) is 0 Å². The van der Waals surface area contributed by atoms with Gasteiger partial charge in [-0.2, -0.15) is 0 Å². The average molecular weight is 365 g/mol. The highest BCUT2D eigenvalue weighted by atomic mass is 32.2. The number of hydrogen-bond donors (Lipinski definition) is 0. The first-order valence-corrected chi connectivity index (χ1v) is 9.76. The molecule has 1 aromatic carbocycles. The number of hydrogen-bond acceptors (Lipinski definition) is 8. The number of ether oxygens (including phenoxy) is 1.